The quantitative estimate of drug-likeness (QED) is 0.0653. The van der Waals surface area contributed by atoms with Gasteiger partial charge in [-0.05, 0) is 68.6 Å². The predicted molar refractivity (Wildman–Crippen MR) is 263 cm³/mol. The zero-order chi connectivity index (χ0) is 54.1. The Bertz CT molecular complexity index is 2030. The molecule has 73 heavy (non-hydrogen) atoms. The molecule has 4 rings (SSSR count). The molecule has 0 aliphatic carbocycles. The fourth-order valence-electron chi connectivity index (χ4n) is 9.76. The number of phenols is 1. The molecule has 1 aromatic rings. The second-order valence-electron chi connectivity index (χ2n) is 20.3. The Kier molecular flexibility index (Phi) is 23.7. The van der Waals surface area contributed by atoms with Crippen LogP contribution in [0.15, 0.2) is 24.3 Å². The van der Waals surface area contributed by atoms with Gasteiger partial charge in [-0.25, -0.2) is 0 Å². The first kappa shape index (κ1) is 60.1. The van der Waals surface area contributed by atoms with Gasteiger partial charge in [-0.1, -0.05) is 77.8 Å². The minimum Gasteiger partial charge on any atom is -0.508 e. The number of fused-ring (bicyclic) bond motifs is 2. The molecule has 0 unspecified atom stereocenters. The van der Waals surface area contributed by atoms with Crippen LogP contribution in [0.25, 0.3) is 0 Å². The summed E-state index contributed by atoms with van der Waals surface area (Å²) in [5.41, 5.74) is 5.27. The van der Waals surface area contributed by atoms with Crippen molar-refractivity contribution in [1.29, 1.82) is 0 Å². The van der Waals surface area contributed by atoms with Crippen LogP contribution in [0.2, 0.25) is 0 Å². The Balaban J connectivity index is 1.64. The summed E-state index contributed by atoms with van der Waals surface area (Å²) in [7, 11) is 0. The number of amides is 8. The van der Waals surface area contributed by atoms with Gasteiger partial charge in [-0.3, -0.25) is 38.4 Å². The minimum absolute atomic E-state index is 0.0143. The lowest BCUT2D eigenvalue weighted by Crippen LogP contribution is -2.64. The van der Waals surface area contributed by atoms with E-state index in [9.17, 15) is 74.1 Å². The molecule has 410 valence electrons. The van der Waals surface area contributed by atoms with E-state index in [0.717, 1.165) is 54.0 Å². The number of carbonyl (C=O) groups excluding carboxylic acids is 8. The Hall–Kier alpha value is -5.46. The summed E-state index contributed by atoms with van der Waals surface area (Å²) < 4.78 is 0. The highest BCUT2D eigenvalue weighted by Crippen LogP contribution is 2.26. The number of nitrogens with one attached hydrogen (secondary N) is 5. The van der Waals surface area contributed by atoms with Crippen molar-refractivity contribution in [3.05, 3.63) is 29.8 Å². The number of benzene rings is 1. The van der Waals surface area contributed by atoms with E-state index in [-0.39, 0.29) is 50.1 Å². The number of hydrogen-bond donors (Lipinski definition) is 13. The zero-order valence-electron chi connectivity index (χ0n) is 42.5. The highest BCUT2D eigenvalue weighted by molar-refractivity contribution is 5.98. The zero-order valence-corrected chi connectivity index (χ0v) is 42.5. The molecule has 14 atom stereocenters. The van der Waals surface area contributed by atoms with E-state index in [2.05, 4.69) is 47.4 Å². The summed E-state index contributed by atoms with van der Waals surface area (Å²) in [6, 6.07) is -6.07. The van der Waals surface area contributed by atoms with Gasteiger partial charge in [-0.15, -0.1) is 0 Å². The largest absolute Gasteiger partial charge is 0.508 e. The predicted octanol–water partition coefficient (Wildman–Crippen LogP) is -1.63. The van der Waals surface area contributed by atoms with Crippen LogP contribution in [0, 0.1) is 11.8 Å². The molecule has 14 N–H and O–H groups in total. The number of phenolic OH excluding ortho intramolecular Hbond substituents is 1. The molecule has 23 heteroatoms. The summed E-state index contributed by atoms with van der Waals surface area (Å²) in [6.07, 6.45) is -3.42. The molecular formula is C50H80N8O15. The third-order valence-electron chi connectivity index (χ3n) is 14.1. The van der Waals surface area contributed by atoms with E-state index >= 15 is 0 Å². The van der Waals surface area contributed by atoms with E-state index in [1.165, 1.54) is 38.3 Å². The third-order valence-corrected chi connectivity index (χ3v) is 14.1. The normalized spacial score (nSPS) is 27.4. The van der Waals surface area contributed by atoms with Gasteiger partial charge in [0, 0.05) is 32.5 Å². The Morgan fingerprint density at radius 1 is 0.767 bits per heavy atom. The van der Waals surface area contributed by atoms with Crippen LogP contribution in [-0.2, 0) is 38.4 Å². The van der Waals surface area contributed by atoms with Gasteiger partial charge in [0.1, 0.15) is 54.2 Å². The first-order chi connectivity index (χ1) is 34.5. The molecule has 0 saturated carbocycles. The molecule has 23 nitrogen and oxygen atoms in total. The van der Waals surface area contributed by atoms with Crippen LogP contribution in [-0.4, -0.2) is 179 Å². The second kappa shape index (κ2) is 28.8. The topological polar surface area (TPSA) is 371 Å². The van der Waals surface area contributed by atoms with Gasteiger partial charge in [-0.2, -0.15) is 0 Å². The van der Waals surface area contributed by atoms with Crippen molar-refractivity contribution < 1.29 is 74.1 Å². The lowest BCUT2D eigenvalue weighted by atomic mass is 9.91. The van der Waals surface area contributed by atoms with Crippen molar-refractivity contribution in [2.24, 2.45) is 17.6 Å². The van der Waals surface area contributed by atoms with Gasteiger partial charge >= 0.3 is 0 Å². The van der Waals surface area contributed by atoms with Gasteiger partial charge in [0.2, 0.25) is 47.3 Å². The Labute approximate surface area is 426 Å². The number of rotatable bonds is 20. The van der Waals surface area contributed by atoms with Gasteiger partial charge in [0.15, 0.2) is 0 Å². The van der Waals surface area contributed by atoms with Crippen LogP contribution in [0.1, 0.15) is 136 Å². The molecule has 3 aliphatic rings. The highest BCUT2D eigenvalue weighted by Gasteiger charge is 2.48. The molecule has 3 saturated heterocycles. The summed E-state index contributed by atoms with van der Waals surface area (Å²) >= 11 is 0. The number of aliphatic hydroxyl groups excluding tert-OH is 6. The van der Waals surface area contributed by atoms with Crippen LogP contribution >= 0.6 is 0 Å². The number of aliphatic hydroxyl groups is 6. The van der Waals surface area contributed by atoms with Gasteiger partial charge < -0.3 is 77.9 Å². The monoisotopic (exact) mass is 1030 g/mol. The minimum atomic E-state index is -2.30. The van der Waals surface area contributed by atoms with Crippen LogP contribution in [0.5, 0.6) is 5.75 Å². The van der Waals surface area contributed by atoms with Crippen LogP contribution < -0.4 is 32.3 Å². The molecule has 0 spiro atoms. The van der Waals surface area contributed by atoms with Crippen molar-refractivity contribution in [1.82, 2.24) is 36.4 Å². The smallest absolute Gasteiger partial charge is 0.248 e. The Morgan fingerprint density at radius 3 is 2.03 bits per heavy atom. The molecule has 0 bridgehead atoms. The fourth-order valence-corrected chi connectivity index (χ4v) is 9.76. The van der Waals surface area contributed by atoms with Crippen molar-refractivity contribution in [2.45, 2.75) is 197 Å². The number of primary amides is 1. The van der Waals surface area contributed by atoms with Crippen LogP contribution in [0.4, 0.5) is 0 Å². The molecule has 0 radical (unpaired) electrons. The average Bonchev–Trinajstić information content (AvgIpc) is 3.93. The summed E-state index contributed by atoms with van der Waals surface area (Å²) in [6.45, 7) is 6.97. The van der Waals surface area contributed by atoms with Crippen LogP contribution in [0.3, 0.4) is 0 Å². The molecule has 0 aromatic heterocycles. The summed E-state index contributed by atoms with van der Waals surface area (Å²) in [5, 5.41) is 89.0. The number of nitrogens with two attached hydrogens (primary N) is 1. The number of unbranched alkanes of at least 4 members (excludes halogenated alkanes) is 5. The average molecular weight is 1030 g/mol. The lowest BCUT2D eigenvalue weighted by molar-refractivity contribution is -0.148. The van der Waals surface area contributed by atoms with Crippen molar-refractivity contribution in [2.75, 3.05) is 19.6 Å². The van der Waals surface area contributed by atoms with E-state index in [4.69, 9.17) is 5.73 Å². The lowest BCUT2D eigenvalue weighted by Gasteiger charge is -2.34. The maximum Gasteiger partial charge on any atom is 0.248 e. The number of hydrogen-bond acceptors (Lipinski definition) is 15. The van der Waals surface area contributed by atoms with Crippen molar-refractivity contribution >= 4 is 47.3 Å². The maximum absolute atomic E-state index is 14.3. The molecule has 1 aromatic carbocycles. The van der Waals surface area contributed by atoms with Crippen molar-refractivity contribution in [3.63, 3.8) is 0 Å². The molecule has 3 heterocycles. The molecule has 8 amide bonds. The van der Waals surface area contributed by atoms with E-state index in [1.54, 1.807) is 0 Å². The van der Waals surface area contributed by atoms with E-state index in [0.29, 0.717) is 18.3 Å². The second-order valence-corrected chi connectivity index (χ2v) is 20.3. The fraction of sp³-hybridized carbons (Fsp3) is 0.720. The number of carbonyl (C=O) groups is 8. The molecule has 3 aliphatic heterocycles. The standard InChI is InChI=1S/C50H80N8O15/c1-5-27(2)23-28(3)13-10-8-6-7-9-11-15-38(65)53-33-14-12-21-52-48(71)42-35(62)20-22-57(42)50(73)40(36(63)25-37(51)64)55-47(70)41(44(67)43(66)30-16-18-31(60)19-17-30)56-46(69)34-24-32(61)26-58(34)49(72)39(29(4)59)54-45(33)68/h16-19,27-29,32-36,39-44,59-63,66-67H,5-15,20-26H2,1-4H3,(H2,51,64)(H,52,71)(H,53,65)(H,54,68)(H,55,70)(H,56,69)/t27-,28+,29+,32+,33+,34-,35-,36+,39-,40-,41-,42-,43-,44-/m0/s1. The SMILES string of the molecule is CC[C@H](C)C[C@H](C)CCCCCCCCC(=O)N[C@@H]1CCCNC(=O)[C@@H]2[C@@H](O)CCN2C(=O)[C@H]([C@H](O)CC(N)=O)NC(=O)[C@H]([C@H](O)[C@@H](O)c2ccc(O)cc2)NC(=O)[C@@H]2C[C@@H](O)CN2C(=O)[C@H]([C@@H](C)O)NC1=O. The number of aromatic hydroxyl groups is 1. The van der Waals surface area contributed by atoms with Gasteiger partial charge in [0.05, 0.1) is 30.8 Å². The van der Waals surface area contributed by atoms with E-state index < -0.39 is 140 Å². The van der Waals surface area contributed by atoms with Gasteiger partial charge in [0.25, 0.3) is 0 Å². The van der Waals surface area contributed by atoms with E-state index in [1.807, 2.05) is 0 Å². The third kappa shape index (κ3) is 17.6. The maximum atomic E-state index is 14.3. The molecular weight excluding hydrogens is 953 g/mol. The Morgan fingerprint density at radius 2 is 1.38 bits per heavy atom. The van der Waals surface area contributed by atoms with Crippen molar-refractivity contribution in [3.8, 4) is 5.75 Å². The molecule has 3 fully saturated rings. The number of nitrogens with zero attached hydrogens (tertiary/aromatic N) is 2. The first-order valence-corrected chi connectivity index (χ1v) is 25.8. The highest BCUT2D eigenvalue weighted by atomic mass is 16.3. The first-order valence-electron chi connectivity index (χ1n) is 25.8. The summed E-state index contributed by atoms with van der Waals surface area (Å²) in [5.74, 6) is -7.14. The summed E-state index contributed by atoms with van der Waals surface area (Å²) in [4.78, 5) is 112.